The molecule has 1 radical (unpaired) electrons. The fraction of sp³-hybridized carbons (Fsp3) is 0.636. The van der Waals surface area contributed by atoms with Gasteiger partial charge in [-0.25, -0.2) is 0 Å². The molecule has 0 spiro atoms. The standard InChI is InChI=1S/C11H16N3O/c1-2-15-9-10-5-4-8-14(10)11-6-3-7-12-13-11/h3,6,10H,2,4-5,8-9H2,1H3/t10-/m0/s1. The van der Waals surface area contributed by atoms with Crippen LogP contribution in [0.4, 0.5) is 5.82 Å². The Morgan fingerprint density at radius 2 is 2.60 bits per heavy atom. The highest BCUT2D eigenvalue weighted by Crippen LogP contribution is 2.22. The molecule has 1 atom stereocenters. The van der Waals surface area contributed by atoms with Gasteiger partial charge in [0.05, 0.1) is 12.6 Å². The average molecular weight is 206 g/mol. The van der Waals surface area contributed by atoms with Crippen LogP contribution in [0.25, 0.3) is 0 Å². The molecule has 0 unspecified atom stereocenters. The van der Waals surface area contributed by atoms with Gasteiger partial charge in [0.25, 0.3) is 0 Å². The summed E-state index contributed by atoms with van der Waals surface area (Å²) in [5, 5.41) is 7.87. The van der Waals surface area contributed by atoms with Crippen molar-refractivity contribution >= 4 is 5.82 Å². The minimum atomic E-state index is 0.460. The zero-order valence-corrected chi connectivity index (χ0v) is 9.02. The third-order valence-electron chi connectivity index (χ3n) is 2.70. The minimum Gasteiger partial charge on any atom is -0.380 e. The lowest BCUT2D eigenvalue weighted by atomic mass is 10.2. The number of anilines is 1. The van der Waals surface area contributed by atoms with Crippen LogP contribution in [0.15, 0.2) is 12.1 Å². The van der Waals surface area contributed by atoms with Crippen LogP contribution in [0.3, 0.4) is 0 Å². The highest BCUT2D eigenvalue weighted by molar-refractivity contribution is 5.39. The van der Waals surface area contributed by atoms with Crippen molar-refractivity contribution in [2.75, 3.05) is 24.7 Å². The fourth-order valence-corrected chi connectivity index (χ4v) is 1.98. The van der Waals surface area contributed by atoms with E-state index in [4.69, 9.17) is 4.74 Å². The third-order valence-corrected chi connectivity index (χ3v) is 2.70. The second-order valence-corrected chi connectivity index (χ2v) is 3.67. The molecule has 0 aliphatic carbocycles. The van der Waals surface area contributed by atoms with Crippen LogP contribution in [0, 0.1) is 6.20 Å². The quantitative estimate of drug-likeness (QED) is 0.744. The summed E-state index contributed by atoms with van der Waals surface area (Å²) < 4.78 is 5.47. The van der Waals surface area contributed by atoms with Crippen LogP contribution in [-0.2, 0) is 4.74 Å². The average Bonchev–Trinajstić information content (AvgIpc) is 2.75. The Balaban J connectivity index is 2.01. The lowest BCUT2D eigenvalue weighted by Gasteiger charge is -2.24. The number of hydrogen-bond acceptors (Lipinski definition) is 4. The molecule has 2 rings (SSSR count). The topological polar surface area (TPSA) is 38.2 Å². The highest BCUT2D eigenvalue weighted by atomic mass is 16.5. The molecule has 1 aliphatic heterocycles. The van der Waals surface area contributed by atoms with Crippen LogP contribution < -0.4 is 4.90 Å². The molecule has 0 N–H and O–H groups in total. The first kappa shape index (κ1) is 10.4. The van der Waals surface area contributed by atoms with E-state index in [1.165, 1.54) is 12.8 Å². The molecule has 4 heteroatoms. The Kier molecular flexibility index (Phi) is 3.50. The van der Waals surface area contributed by atoms with E-state index in [0.29, 0.717) is 6.04 Å². The summed E-state index contributed by atoms with van der Waals surface area (Å²) in [5.41, 5.74) is 0. The van der Waals surface area contributed by atoms with Gasteiger partial charge in [-0.15, -0.1) is 10.2 Å². The van der Waals surface area contributed by atoms with Crippen molar-refractivity contribution < 1.29 is 4.74 Å². The van der Waals surface area contributed by atoms with E-state index in [1.54, 1.807) is 6.07 Å². The van der Waals surface area contributed by atoms with Crippen LogP contribution >= 0.6 is 0 Å². The maximum Gasteiger partial charge on any atom is 0.151 e. The summed E-state index contributed by atoms with van der Waals surface area (Å²) in [6.07, 6.45) is 5.08. The summed E-state index contributed by atoms with van der Waals surface area (Å²) in [6.45, 7) is 4.64. The Morgan fingerprint density at radius 1 is 1.67 bits per heavy atom. The third kappa shape index (κ3) is 2.45. The first-order valence-corrected chi connectivity index (χ1v) is 5.46. The number of aromatic nitrogens is 2. The molecule has 4 nitrogen and oxygen atoms in total. The van der Waals surface area contributed by atoms with Gasteiger partial charge in [0.15, 0.2) is 5.82 Å². The second kappa shape index (κ2) is 5.07. The molecule has 0 bridgehead atoms. The molecule has 15 heavy (non-hydrogen) atoms. The summed E-state index contributed by atoms with van der Waals surface area (Å²) >= 11 is 0. The predicted molar refractivity (Wildman–Crippen MR) is 57.7 cm³/mol. The summed E-state index contributed by atoms with van der Waals surface area (Å²) in [6, 6.07) is 4.22. The zero-order valence-electron chi connectivity index (χ0n) is 9.02. The number of ether oxygens (including phenoxy) is 1. The van der Waals surface area contributed by atoms with E-state index in [2.05, 4.69) is 21.3 Å². The Morgan fingerprint density at radius 3 is 3.33 bits per heavy atom. The van der Waals surface area contributed by atoms with E-state index >= 15 is 0 Å². The highest BCUT2D eigenvalue weighted by Gasteiger charge is 2.25. The van der Waals surface area contributed by atoms with Crippen molar-refractivity contribution in [3.8, 4) is 0 Å². The summed E-state index contributed by atoms with van der Waals surface area (Å²) in [5.74, 6) is 0.941. The van der Waals surface area contributed by atoms with Crippen LogP contribution in [0.5, 0.6) is 0 Å². The predicted octanol–water partition coefficient (Wildman–Crippen LogP) is 1.28. The molecule has 1 aromatic rings. The van der Waals surface area contributed by atoms with E-state index in [9.17, 15) is 0 Å². The molecule has 1 saturated heterocycles. The molecule has 1 fully saturated rings. The van der Waals surface area contributed by atoms with Crippen molar-refractivity contribution in [3.05, 3.63) is 18.3 Å². The Bertz CT molecular complexity index is 291. The van der Waals surface area contributed by atoms with Gasteiger partial charge in [0.1, 0.15) is 6.20 Å². The Hall–Kier alpha value is -1.16. The Labute approximate surface area is 90.3 Å². The van der Waals surface area contributed by atoms with Gasteiger partial charge < -0.3 is 9.64 Å². The lowest BCUT2D eigenvalue weighted by Crippen LogP contribution is -2.33. The SMILES string of the molecule is CCOC[C@@H]1CCCN1c1cc[c]nn1. The van der Waals surface area contributed by atoms with E-state index < -0.39 is 0 Å². The van der Waals surface area contributed by atoms with Crippen LogP contribution in [0.1, 0.15) is 19.8 Å². The van der Waals surface area contributed by atoms with Gasteiger partial charge in [-0.1, -0.05) is 0 Å². The van der Waals surface area contributed by atoms with Crippen molar-refractivity contribution in [2.24, 2.45) is 0 Å². The molecule has 1 aromatic heterocycles. The number of hydrogen-bond donors (Lipinski definition) is 0. The van der Waals surface area contributed by atoms with E-state index in [1.807, 2.05) is 13.0 Å². The smallest absolute Gasteiger partial charge is 0.151 e. The largest absolute Gasteiger partial charge is 0.380 e. The van der Waals surface area contributed by atoms with Gasteiger partial charge in [-0.2, -0.15) is 0 Å². The molecular formula is C11H16N3O. The van der Waals surface area contributed by atoms with Crippen molar-refractivity contribution in [1.82, 2.24) is 10.2 Å². The van der Waals surface area contributed by atoms with Gasteiger partial charge in [0, 0.05) is 13.2 Å². The fourth-order valence-electron chi connectivity index (χ4n) is 1.98. The molecule has 2 heterocycles. The van der Waals surface area contributed by atoms with Crippen LogP contribution in [0.2, 0.25) is 0 Å². The van der Waals surface area contributed by atoms with Gasteiger partial charge >= 0.3 is 0 Å². The van der Waals surface area contributed by atoms with Crippen LogP contribution in [-0.4, -0.2) is 36.0 Å². The summed E-state index contributed by atoms with van der Waals surface area (Å²) in [4.78, 5) is 2.27. The lowest BCUT2D eigenvalue weighted by molar-refractivity contribution is 0.133. The molecule has 81 valence electrons. The van der Waals surface area contributed by atoms with E-state index in [0.717, 1.165) is 25.6 Å². The van der Waals surface area contributed by atoms with Crippen molar-refractivity contribution in [2.45, 2.75) is 25.8 Å². The number of nitrogens with zero attached hydrogens (tertiary/aromatic N) is 3. The molecular weight excluding hydrogens is 190 g/mol. The molecule has 0 aromatic carbocycles. The van der Waals surface area contributed by atoms with Crippen molar-refractivity contribution in [3.63, 3.8) is 0 Å². The summed E-state index contributed by atoms with van der Waals surface area (Å²) in [7, 11) is 0. The first-order chi connectivity index (χ1) is 7.42. The second-order valence-electron chi connectivity index (χ2n) is 3.67. The molecule has 1 aliphatic rings. The van der Waals surface area contributed by atoms with E-state index in [-0.39, 0.29) is 0 Å². The maximum atomic E-state index is 5.47. The van der Waals surface area contributed by atoms with Gasteiger partial charge in [0.2, 0.25) is 0 Å². The zero-order chi connectivity index (χ0) is 10.5. The molecule has 0 saturated carbocycles. The first-order valence-electron chi connectivity index (χ1n) is 5.46. The van der Waals surface area contributed by atoms with Gasteiger partial charge in [-0.3, -0.25) is 0 Å². The number of rotatable bonds is 4. The normalized spacial score (nSPS) is 20.9. The monoisotopic (exact) mass is 206 g/mol. The maximum absolute atomic E-state index is 5.47. The molecule has 0 amide bonds. The minimum absolute atomic E-state index is 0.460. The van der Waals surface area contributed by atoms with Crippen molar-refractivity contribution in [1.29, 1.82) is 0 Å². The van der Waals surface area contributed by atoms with Gasteiger partial charge in [-0.05, 0) is 31.9 Å².